The molecule has 0 bridgehead atoms. The van der Waals surface area contributed by atoms with Crippen molar-refractivity contribution in [3.05, 3.63) is 29.6 Å². The second-order valence-electron chi connectivity index (χ2n) is 4.31. The summed E-state index contributed by atoms with van der Waals surface area (Å²) in [4.78, 5) is 10.1. The van der Waals surface area contributed by atoms with E-state index in [0.717, 1.165) is 24.6 Å². The number of aromatic carboxylic acids is 1. The molecule has 0 aliphatic rings. The normalized spacial score (nSPS) is 11.5. The summed E-state index contributed by atoms with van der Waals surface area (Å²) < 4.78 is 44.8. The minimum Gasteiger partial charge on any atom is -0.478 e. The number of hydrogen-bond acceptors (Lipinski definition) is 4. The van der Waals surface area contributed by atoms with Crippen LogP contribution in [0, 0.1) is 5.82 Å². The quantitative estimate of drug-likeness (QED) is 0.675. The Hall–Kier alpha value is -1.51. The van der Waals surface area contributed by atoms with Gasteiger partial charge in [-0.25, -0.2) is 22.3 Å². The van der Waals surface area contributed by atoms with E-state index in [2.05, 4.69) is 4.72 Å². The summed E-state index contributed by atoms with van der Waals surface area (Å²) in [5.41, 5.74) is -0.289. The van der Waals surface area contributed by atoms with Crippen LogP contribution in [0.2, 0.25) is 0 Å². The fourth-order valence-electron chi connectivity index (χ4n) is 1.55. The second kappa shape index (κ2) is 8.06. The summed E-state index contributed by atoms with van der Waals surface area (Å²) in [5.74, 6) is -2.31. The molecule has 1 aromatic rings. The first kappa shape index (κ1) is 17.5. The molecule has 0 aliphatic carbocycles. The number of benzene rings is 1. The Balaban J connectivity index is 2.70. The Bertz CT molecular complexity index is 588. The molecule has 0 atom stereocenters. The average Bonchev–Trinajstić information content (AvgIpc) is 2.42. The zero-order chi connectivity index (χ0) is 15.9. The highest BCUT2D eigenvalue weighted by molar-refractivity contribution is 7.89. The van der Waals surface area contributed by atoms with E-state index < -0.39 is 26.7 Å². The standard InChI is InChI=1S/C13H18FNO5S/c1-2-7-20-8-3-6-15-21(18,19)12-9-10(13(16)17)4-5-11(12)14/h4-5,9,15H,2-3,6-8H2,1H3,(H,16,17). The molecule has 0 aromatic heterocycles. The maximum absolute atomic E-state index is 13.6. The number of ether oxygens (including phenoxy) is 1. The van der Waals surface area contributed by atoms with Crippen LogP contribution in [0.25, 0.3) is 0 Å². The molecule has 6 nitrogen and oxygen atoms in total. The van der Waals surface area contributed by atoms with Crippen LogP contribution in [0.3, 0.4) is 0 Å². The van der Waals surface area contributed by atoms with Gasteiger partial charge in [0.15, 0.2) is 0 Å². The Kier molecular flexibility index (Phi) is 6.73. The number of halogens is 1. The lowest BCUT2D eigenvalue weighted by Crippen LogP contribution is -2.26. The molecule has 8 heteroatoms. The van der Waals surface area contributed by atoms with E-state index in [0.29, 0.717) is 19.6 Å². The Morgan fingerprint density at radius 3 is 2.71 bits per heavy atom. The molecule has 0 heterocycles. The summed E-state index contributed by atoms with van der Waals surface area (Å²) in [5, 5.41) is 8.81. The van der Waals surface area contributed by atoms with Crippen molar-refractivity contribution < 1.29 is 27.4 Å². The number of hydrogen-bond donors (Lipinski definition) is 2. The average molecular weight is 319 g/mol. The summed E-state index contributed by atoms with van der Waals surface area (Å²) >= 11 is 0. The highest BCUT2D eigenvalue weighted by Gasteiger charge is 2.20. The van der Waals surface area contributed by atoms with Gasteiger partial charge in [-0.15, -0.1) is 0 Å². The maximum atomic E-state index is 13.6. The van der Waals surface area contributed by atoms with Gasteiger partial charge in [0.25, 0.3) is 0 Å². The van der Waals surface area contributed by atoms with Crippen LogP contribution in [0.1, 0.15) is 30.1 Å². The monoisotopic (exact) mass is 319 g/mol. The number of carboxylic acids is 1. The number of rotatable bonds is 9. The van der Waals surface area contributed by atoms with Gasteiger partial charge in [0, 0.05) is 19.8 Å². The molecule has 118 valence electrons. The van der Waals surface area contributed by atoms with Crippen LogP contribution in [0.4, 0.5) is 4.39 Å². The molecule has 0 aliphatic heterocycles. The minimum absolute atomic E-state index is 0.0861. The molecule has 21 heavy (non-hydrogen) atoms. The predicted molar refractivity (Wildman–Crippen MR) is 74.3 cm³/mol. The Morgan fingerprint density at radius 1 is 1.38 bits per heavy atom. The van der Waals surface area contributed by atoms with E-state index in [1.807, 2.05) is 6.92 Å². The van der Waals surface area contributed by atoms with E-state index in [9.17, 15) is 17.6 Å². The third-order valence-electron chi connectivity index (χ3n) is 2.57. The lowest BCUT2D eigenvalue weighted by Gasteiger charge is -2.08. The van der Waals surface area contributed by atoms with Crippen molar-refractivity contribution in [1.82, 2.24) is 4.72 Å². The second-order valence-corrected chi connectivity index (χ2v) is 6.05. The lowest BCUT2D eigenvalue weighted by molar-refractivity contribution is 0.0696. The van der Waals surface area contributed by atoms with Crippen LogP contribution in [-0.4, -0.2) is 39.3 Å². The minimum atomic E-state index is -4.08. The van der Waals surface area contributed by atoms with E-state index in [4.69, 9.17) is 9.84 Å². The third-order valence-corrected chi connectivity index (χ3v) is 4.05. The molecule has 0 fully saturated rings. The van der Waals surface area contributed by atoms with Gasteiger partial charge in [0.05, 0.1) is 5.56 Å². The number of sulfonamides is 1. The van der Waals surface area contributed by atoms with Crippen molar-refractivity contribution >= 4 is 16.0 Å². The van der Waals surface area contributed by atoms with Gasteiger partial charge >= 0.3 is 5.97 Å². The van der Waals surface area contributed by atoms with Crippen LogP contribution in [0.15, 0.2) is 23.1 Å². The molecule has 0 saturated carbocycles. The van der Waals surface area contributed by atoms with Gasteiger partial charge in [-0.1, -0.05) is 6.92 Å². The van der Waals surface area contributed by atoms with Crippen LogP contribution >= 0.6 is 0 Å². The van der Waals surface area contributed by atoms with Crippen LogP contribution in [0.5, 0.6) is 0 Å². The molecule has 0 spiro atoms. The van der Waals surface area contributed by atoms with Crippen molar-refractivity contribution in [2.45, 2.75) is 24.7 Å². The molecule has 0 saturated heterocycles. The molecule has 0 unspecified atom stereocenters. The number of carboxylic acid groups (broad SMARTS) is 1. The van der Waals surface area contributed by atoms with Crippen molar-refractivity contribution in [1.29, 1.82) is 0 Å². The lowest BCUT2D eigenvalue weighted by atomic mass is 10.2. The fraction of sp³-hybridized carbons (Fsp3) is 0.462. The largest absolute Gasteiger partial charge is 0.478 e. The molecule has 2 N–H and O–H groups in total. The first-order valence-electron chi connectivity index (χ1n) is 6.48. The predicted octanol–water partition coefficient (Wildman–Crippen LogP) is 1.62. The van der Waals surface area contributed by atoms with Crippen molar-refractivity contribution in [3.63, 3.8) is 0 Å². The smallest absolute Gasteiger partial charge is 0.335 e. The van der Waals surface area contributed by atoms with Gasteiger partial charge in [-0.3, -0.25) is 0 Å². The maximum Gasteiger partial charge on any atom is 0.335 e. The number of carbonyl (C=O) groups is 1. The molecule has 0 amide bonds. The van der Waals surface area contributed by atoms with Crippen molar-refractivity contribution in [2.24, 2.45) is 0 Å². The summed E-state index contributed by atoms with van der Waals surface area (Å²) in [6.45, 7) is 3.04. The van der Waals surface area contributed by atoms with Crippen LogP contribution < -0.4 is 4.72 Å². The highest BCUT2D eigenvalue weighted by Crippen LogP contribution is 2.16. The van der Waals surface area contributed by atoms with Crippen molar-refractivity contribution in [2.75, 3.05) is 19.8 Å². The third kappa shape index (κ3) is 5.41. The number of nitrogens with one attached hydrogen (secondary N) is 1. The highest BCUT2D eigenvalue weighted by atomic mass is 32.2. The summed E-state index contributed by atoms with van der Waals surface area (Å²) in [6, 6.07) is 2.63. The first-order chi connectivity index (χ1) is 9.88. The Morgan fingerprint density at radius 2 is 2.10 bits per heavy atom. The topological polar surface area (TPSA) is 92.7 Å². The molecule has 1 aromatic carbocycles. The molecular formula is C13H18FNO5S. The molecular weight excluding hydrogens is 301 g/mol. The zero-order valence-electron chi connectivity index (χ0n) is 11.6. The van der Waals surface area contributed by atoms with Gasteiger partial charge in [-0.05, 0) is 31.0 Å². The van der Waals surface area contributed by atoms with Gasteiger partial charge in [-0.2, -0.15) is 0 Å². The van der Waals surface area contributed by atoms with E-state index in [-0.39, 0.29) is 12.1 Å². The van der Waals surface area contributed by atoms with Gasteiger partial charge in [0.2, 0.25) is 10.0 Å². The molecule has 0 radical (unpaired) electrons. The summed E-state index contributed by atoms with van der Waals surface area (Å²) in [6.07, 6.45) is 1.32. The van der Waals surface area contributed by atoms with E-state index >= 15 is 0 Å². The SMILES string of the molecule is CCCOCCCNS(=O)(=O)c1cc(C(=O)O)ccc1F. The molecule has 1 rings (SSSR count). The van der Waals surface area contributed by atoms with E-state index in [1.165, 1.54) is 0 Å². The van der Waals surface area contributed by atoms with Gasteiger partial charge < -0.3 is 9.84 Å². The zero-order valence-corrected chi connectivity index (χ0v) is 12.5. The van der Waals surface area contributed by atoms with Gasteiger partial charge in [0.1, 0.15) is 10.7 Å². The van der Waals surface area contributed by atoms with Crippen molar-refractivity contribution in [3.8, 4) is 0 Å². The van der Waals surface area contributed by atoms with E-state index in [1.54, 1.807) is 0 Å². The Labute approximate surface area is 123 Å². The van der Waals surface area contributed by atoms with Crippen LogP contribution in [-0.2, 0) is 14.8 Å². The fourth-order valence-corrected chi connectivity index (χ4v) is 2.72. The summed E-state index contributed by atoms with van der Waals surface area (Å²) in [7, 11) is -4.08. The first-order valence-corrected chi connectivity index (χ1v) is 7.97.